The molecule has 78 valence electrons. The van der Waals surface area contributed by atoms with Gasteiger partial charge in [0.25, 0.3) is 0 Å². The third-order valence-electron chi connectivity index (χ3n) is 1.94. The van der Waals surface area contributed by atoms with Gasteiger partial charge < -0.3 is 4.57 Å². The quantitative estimate of drug-likeness (QED) is 0.709. The van der Waals surface area contributed by atoms with Crippen molar-refractivity contribution in [2.45, 2.75) is 19.9 Å². The van der Waals surface area contributed by atoms with Crippen LogP contribution in [0.1, 0.15) is 24.7 Å². The predicted molar refractivity (Wildman–Crippen MR) is 59.3 cm³/mol. The van der Waals surface area contributed by atoms with Crippen LogP contribution in [0, 0.1) is 22.7 Å². The summed E-state index contributed by atoms with van der Waals surface area (Å²) in [6.07, 6.45) is 2.56. The van der Waals surface area contributed by atoms with Gasteiger partial charge in [-0.1, -0.05) is 6.92 Å². The zero-order valence-electron chi connectivity index (χ0n) is 8.60. The lowest BCUT2D eigenvalue weighted by atomic mass is 10.3. The molecule has 1 heterocycles. The molecular formula is C10H12N4S. The fourth-order valence-corrected chi connectivity index (χ4v) is 1.85. The Labute approximate surface area is 93.5 Å². The molecule has 0 atom stereocenters. The van der Waals surface area contributed by atoms with E-state index in [1.807, 2.05) is 23.9 Å². The number of thioether (sulfide) groups is 1. The molecule has 5 heteroatoms. The van der Waals surface area contributed by atoms with Gasteiger partial charge in [0, 0.05) is 6.54 Å². The minimum Gasteiger partial charge on any atom is -0.321 e. The lowest BCUT2D eigenvalue weighted by Crippen LogP contribution is -2.01. The topological polar surface area (TPSA) is 65.4 Å². The van der Waals surface area contributed by atoms with Crippen molar-refractivity contribution in [3.8, 4) is 12.1 Å². The predicted octanol–water partition coefficient (Wildman–Crippen LogP) is 1.77. The zero-order chi connectivity index (χ0) is 11.1. The van der Waals surface area contributed by atoms with Crippen LogP contribution in [0.4, 0.5) is 0 Å². The highest BCUT2D eigenvalue weighted by atomic mass is 32.2. The van der Waals surface area contributed by atoms with E-state index >= 15 is 0 Å². The molecule has 0 fully saturated rings. The molecule has 1 rings (SSSR count). The van der Waals surface area contributed by atoms with Crippen LogP contribution in [0.5, 0.6) is 0 Å². The molecule has 0 bridgehead atoms. The Morgan fingerprint density at radius 1 is 1.47 bits per heavy atom. The molecule has 15 heavy (non-hydrogen) atoms. The average Bonchev–Trinajstić information content (AvgIpc) is 2.66. The van der Waals surface area contributed by atoms with E-state index in [1.165, 1.54) is 0 Å². The van der Waals surface area contributed by atoms with E-state index in [0.29, 0.717) is 5.69 Å². The van der Waals surface area contributed by atoms with Crippen molar-refractivity contribution >= 4 is 11.8 Å². The maximum absolute atomic E-state index is 8.85. The number of hydrogen-bond acceptors (Lipinski definition) is 4. The van der Waals surface area contributed by atoms with E-state index in [4.69, 9.17) is 10.5 Å². The Morgan fingerprint density at radius 2 is 2.27 bits per heavy atom. The van der Waals surface area contributed by atoms with Crippen LogP contribution in [0.2, 0.25) is 0 Å². The van der Waals surface area contributed by atoms with Gasteiger partial charge in [-0.3, -0.25) is 0 Å². The summed E-state index contributed by atoms with van der Waals surface area (Å²) in [5.41, 5.74) is 0.597. The Balaban J connectivity index is 2.59. The van der Waals surface area contributed by atoms with E-state index in [9.17, 15) is 0 Å². The third-order valence-corrected chi connectivity index (χ3v) is 2.93. The van der Waals surface area contributed by atoms with Crippen LogP contribution in [-0.4, -0.2) is 21.1 Å². The SMILES string of the molecule is CCSCCCn1cnc(C#N)c1C#N. The molecule has 1 aromatic rings. The summed E-state index contributed by atoms with van der Waals surface area (Å²) >= 11 is 1.87. The Bertz CT molecular complexity index is 397. The van der Waals surface area contributed by atoms with Crippen molar-refractivity contribution in [2.75, 3.05) is 11.5 Å². The minimum absolute atomic E-state index is 0.223. The second-order valence-corrected chi connectivity index (χ2v) is 4.30. The minimum atomic E-state index is 0.223. The number of rotatable bonds is 5. The standard InChI is InChI=1S/C10H12N4S/c1-2-15-5-3-4-14-8-13-9(6-11)10(14)7-12/h8H,2-5H2,1H3. The van der Waals surface area contributed by atoms with Crippen molar-refractivity contribution in [1.29, 1.82) is 10.5 Å². The number of imidazole rings is 1. The van der Waals surface area contributed by atoms with Crippen LogP contribution in [0.15, 0.2) is 6.33 Å². The molecule has 0 spiro atoms. The second kappa shape index (κ2) is 6.10. The first kappa shape index (κ1) is 11.6. The number of hydrogen-bond donors (Lipinski definition) is 0. The van der Waals surface area contributed by atoms with Crippen LogP contribution in [0.25, 0.3) is 0 Å². The molecule has 0 aromatic carbocycles. The monoisotopic (exact) mass is 220 g/mol. The Morgan fingerprint density at radius 3 is 2.87 bits per heavy atom. The second-order valence-electron chi connectivity index (χ2n) is 2.91. The van der Waals surface area contributed by atoms with E-state index in [2.05, 4.69) is 11.9 Å². The van der Waals surface area contributed by atoms with Crippen LogP contribution < -0.4 is 0 Å². The largest absolute Gasteiger partial charge is 0.321 e. The fourth-order valence-electron chi connectivity index (χ4n) is 1.23. The van der Waals surface area contributed by atoms with Crippen molar-refractivity contribution in [3.63, 3.8) is 0 Å². The van der Waals surface area contributed by atoms with E-state index in [1.54, 1.807) is 10.9 Å². The van der Waals surface area contributed by atoms with Gasteiger partial charge >= 0.3 is 0 Å². The molecule has 1 aromatic heterocycles. The van der Waals surface area contributed by atoms with Gasteiger partial charge in [0.15, 0.2) is 11.4 Å². The van der Waals surface area contributed by atoms with Gasteiger partial charge in [0.2, 0.25) is 0 Å². The summed E-state index contributed by atoms with van der Waals surface area (Å²) in [5.74, 6) is 2.18. The smallest absolute Gasteiger partial charge is 0.176 e. The third kappa shape index (κ3) is 3.00. The number of aryl methyl sites for hydroxylation is 1. The molecule has 4 nitrogen and oxygen atoms in total. The zero-order valence-corrected chi connectivity index (χ0v) is 9.42. The highest BCUT2D eigenvalue weighted by molar-refractivity contribution is 7.99. The highest BCUT2D eigenvalue weighted by Crippen LogP contribution is 2.08. The molecule has 0 aliphatic carbocycles. The molecule has 0 radical (unpaired) electrons. The van der Waals surface area contributed by atoms with Gasteiger partial charge in [-0.05, 0) is 17.9 Å². The maximum atomic E-state index is 8.85. The Kier molecular flexibility index (Phi) is 4.73. The number of nitriles is 2. The summed E-state index contributed by atoms with van der Waals surface area (Å²) in [6, 6.07) is 3.92. The molecule has 0 saturated heterocycles. The van der Waals surface area contributed by atoms with E-state index in [-0.39, 0.29) is 5.69 Å². The Hall–Kier alpha value is -1.46. The molecule has 0 N–H and O–H groups in total. The molecule has 0 amide bonds. The van der Waals surface area contributed by atoms with Gasteiger partial charge in [0.05, 0.1) is 6.33 Å². The van der Waals surface area contributed by atoms with Gasteiger partial charge in [-0.25, -0.2) is 4.98 Å². The van der Waals surface area contributed by atoms with Crippen molar-refractivity contribution in [3.05, 3.63) is 17.7 Å². The molecule has 0 aliphatic rings. The number of nitrogens with zero attached hydrogens (tertiary/aromatic N) is 4. The molecular weight excluding hydrogens is 208 g/mol. The first-order valence-corrected chi connectivity index (χ1v) is 5.92. The lowest BCUT2D eigenvalue weighted by Gasteiger charge is -2.02. The average molecular weight is 220 g/mol. The normalized spacial score (nSPS) is 9.53. The van der Waals surface area contributed by atoms with Crippen molar-refractivity contribution in [2.24, 2.45) is 0 Å². The van der Waals surface area contributed by atoms with Crippen molar-refractivity contribution < 1.29 is 0 Å². The van der Waals surface area contributed by atoms with Crippen LogP contribution in [-0.2, 0) is 6.54 Å². The van der Waals surface area contributed by atoms with Gasteiger partial charge in [-0.15, -0.1) is 0 Å². The molecule has 0 aliphatic heterocycles. The molecule has 0 unspecified atom stereocenters. The summed E-state index contributed by atoms with van der Waals surface area (Å²) in [7, 11) is 0. The lowest BCUT2D eigenvalue weighted by molar-refractivity contribution is 0.676. The number of aromatic nitrogens is 2. The molecule has 0 saturated carbocycles. The fraction of sp³-hybridized carbons (Fsp3) is 0.500. The first-order chi connectivity index (χ1) is 7.33. The highest BCUT2D eigenvalue weighted by Gasteiger charge is 2.08. The van der Waals surface area contributed by atoms with Gasteiger partial charge in [0.1, 0.15) is 12.1 Å². The first-order valence-electron chi connectivity index (χ1n) is 4.76. The van der Waals surface area contributed by atoms with E-state index < -0.39 is 0 Å². The van der Waals surface area contributed by atoms with E-state index in [0.717, 1.165) is 24.5 Å². The summed E-state index contributed by atoms with van der Waals surface area (Å²) < 4.78 is 1.74. The summed E-state index contributed by atoms with van der Waals surface area (Å²) in [4.78, 5) is 3.88. The summed E-state index contributed by atoms with van der Waals surface area (Å²) in [5, 5.41) is 17.5. The van der Waals surface area contributed by atoms with Crippen molar-refractivity contribution in [1.82, 2.24) is 9.55 Å². The summed E-state index contributed by atoms with van der Waals surface area (Å²) in [6.45, 7) is 2.88. The van der Waals surface area contributed by atoms with Crippen LogP contribution in [0.3, 0.4) is 0 Å². The maximum Gasteiger partial charge on any atom is 0.176 e. The van der Waals surface area contributed by atoms with Crippen LogP contribution >= 0.6 is 11.8 Å². The van der Waals surface area contributed by atoms with Gasteiger partial charge in [-0.2, -0.15) is 22.3 Å².